The zero-order chi connectivity index (χ0) is 13.4. The van der Waals surface area contributed by atoms with Gasteiger partial charge in [-0.05, 0) is 45.0 Å². The minimum Gasteiger partial charge on any atom is -0.493 e. The number of hydrogen-bond donors (Lipinski definition) is 1. The quantitative estimate of drug-likeness (QED) is 0.719. The van der Waals surface area contributed by atoms with E-state index >= 15 is 0 Å². The van der Waals surface area contributed by atoms with Crippen molar-refractivity contribution in [2.45, 2.75) is 32.2 Å². The number of hydrogen-bond acceptors (Lipinski definition) is 3. The molecule has 0 heterocycles. The highest BCUT2D eigenvalue weighted by Crippen LogP contribution is 2.20. The summed E-state index contributed by atoms with van der Waals surface area (Å²) in [6, 6.07) is 8.42. The molecule has 0 aromatic heterocycles. The lowest BCUT2D eigenvalue weighted by Gasteiger charge is -2.15. The molecule has 18 heavy (non-hydrogen) atoms. The van der Waals surface area contributed by atoms with Gasteiger partial charge in [-0.1, -0.05) is 25.1 Å². The number of ether oxygens (including phenoxy) is 1. The summed E-state index contributed by atoms with van der Waals surface area (Å²) >= 11 is 0. The summed E-state index contributed by atoms with van der Waals surface area (Å²) in [5, 5.41) is 0. The van der Waals surface area contributed by atoms with Gasteiger partial charge in [0.05, 0.1) is 6.61 Å². The van der Waals surface area contributed by atoms with Gasteiger partial charge in [0.2, 0.25) is 0 Å². The molecule has 1 rings (SSSR count). The largest absolute Gasteiger partial charge is 0.493 e. The standard InChI is InChI=1S/C15H26N2O/c1-4-14(16)12-13-8-5-6-9-15(13)18-11-7-10-17(2)3/h5-6,8-9,14H,4,7,10-12,16H2,1-3H3. The maximum atomic E-state index is 6.01. The van der Waals surface area contributed by atoms with Gasteiger partial charge in [0.15, 0.2) is 0 Å². The normalized spacial score (nSPS) is 12.7. The highest BCUT2D eigenvalue weighted by atomic mass is 16.5. The van der Waals surface area contributed by atoms with Gasteiger partial charge in [0.25, 0.3) is 0 Å². The van der Waals surface area contributed by atoms with Crippen molar-refractivity contribution < 1.29 is 4.74 Å². The van der Waals surface area contributed by atoms with Crippen LogP contribution in [-0.2, 0) is 6.42 Å². The van der Waals surface area contributed by atoms with E-state index in [9.17, 15) is 0 Å². The fraction of sp³-hybridized carbons (Fsp3) is 0.600. The Kier molecular flexibility index (Phi) is 6.76. The second-order valence-electron chi connectivity index (χ2n) is 4.99. The molecule has 1 aromatic carbocycles. The lowest BCUT2D eigenvalue weighted by Crippen LogP contribution is -2.22. The fourth-order valence-corrected chi connectivity index (χ4v) is 1.80. The van der Waals surface area contributed by atoms with Gasteiger partial charge in [-0.3, -0.25) is 0 Å². The van der Waals surface area contributed by atoms with Crippen LogP contribution in [0.15, 0.2) is 24.3 Å². The molecule has 0 bridgehead atoms. The minimum absolute atomic E-state index is 0.219. The minimum atomic E-state index is 0.219. The summed E-state index contributed by atoms with van der Waals surface area (Å²) in [7, 11) is 4.16. The Hall–Kier alpha value is -1.06. The maximum Gasteiger partial charge on any atom is 0.122 e. The van der Waals surface area contributed by atoms with Crippen molar-refractivity contribution in [3.63, 3.8) is 0 Å². The molecule has 1 unspecified atom stereocenters. The summed E-state index contributed by atoms with van der Waals surface area (Å²) < 4.78 is 5.85. The van der Waals surface area contributed by atoms with E-state index in [1.165, 1.54) is 5.56 Å². The lowest BCUT2D eigenvalue weighted by atomic mass is 10.0. The molecule has 0 aliphatic carbocycles. The van der Waals surface area contributed by atoms with Crippen LogP contribution in [0.3, 0.4) is 0 Å². The van der Waals surface area contributed by atoms with Crippen molar-refractivity contribution in [1.82, 2.24) is 4.90 Å². The van der Waals surface area contributed by atoms with Crippen LogP contribution in [0.2, 0.25) is 0 Å². The first-order valence-electron chi connectivity index (χ1n) is 6.74. The van der Waals surface area contributed by atoms with E-state index in [1.807, 2.05) is 18.2 Å². The SMILES string of the molecule is CCC(N)Cc1ccccc1OCCCN(C)C. The highest BCUT2D eigenvalue weighted by molar-refractivity contribution is 5.33. The van der Waals surface area contributed by atoms with Crippen LogP contribution < -0.4 is 10.5 Å². The third kappa shape index (κ3) is 5.52. The molecular weight excluding hydrogens is 224 g/mol. The molecule has 3 heteroatoms. The summed E-state index contributed by atoms with van der Waals surface area (Å²) in [6.07, 6.45) is 2.93. The molecule has 2 N–H and O–H groups in total. The van der Waals surface area contributed by atoms with E-state index < -0.39 is 0 Å². The average Bonchev–Trinajstić information content (AvgIpc) is 2.36. The van der Waals surface area contributed by atoms with Gasteiger partial charge in [-0.2, -0.15) is 0 Å². The predicted octanol–water partition coefficient (Wildman–Crippen LogP) is 2.30. The Morgan fingerprint density at radius 3 is 2.67 bits per heavy atom. The van der Waals surface area contributed by atoms with Gasteiger partial charge in [-0.15, -0.1) is 0 Å². The van der Waals surface area contributed by atoms with Crippen LogP contribution in [0.25, 0.3) is 0 Å². The second kappa shape index (κ2) is 8.11. The topological polar surface area (TPSA) is 38.5 Å². The highest BCUT2D eigenvalue weighted by Gasteiger charge is 2.07. The smallest absolute Gasteiger partial charge is 0.122 e. The molecule has 0 amide bonds. The molecule has 0 fully saturated rings. The molecule has 0 aliphatic rings. The third-order valence-electron chi connectivity index (χ3n) is 2.99. The van der Waals surface area contributed by atoms with Crippen LogP contribution in [0.1, 0.15) is 25.3 Å². The van der Waals surface area contributed by atoms with E-state index in [0.29, 0.717) is 0 Å². The van der Waals surface area contributed by atoms with Crippen molar-refractivity contribution in [1.29, 1.82) is 0 Å². The van der Waals surface area contributed by atoms with Crippen molar-refractivity contribution in [3.8, 4) is 5.75 Å². The van der Waals surface area contributed by atoms with Crippen LogP contribution in [0.5, 0.6) is 5.75 Å². The molecule has 1 atom stereocenters. The van der Waals surface area contributed by atoms with Crippen molar-refractivity contribution in [2.24, 2.45) is 5.73 Å². The Labute approximate surface area is 111 Å². The Morgan fingerprint density at radius 1 is 1.28 bits per heavy atom. The summed E-state index contributed by atoms with van der Waals surface area (Å²) in [6.45, 7) is 3.93. The predicted molar refractivity (Wildman–Crippen MR) is 77.1 cm³/mol. The fourth-order valence-electron chi connectivity index (χ4n) is 1.80. The third-order valence-corrected chi connectivity index (χ3v) is 2.99. The Bertz CT molecular complexity index is 339. The van der Waals surface area contributed by atoms with Gasteiger partial charge in [-0.25, -0.2) is 0 Å². The molecule has 0 aliphatic heterocycles. The summed E-state index contributed by atoms with van der Waals surface area (Å²) in [5.41, 5.74) is 7.23. The Balaban J connectivity index is 2.48. The van der Waals surface area contributed by atoms with E-state index in [2.05, 4.69) is 32.0 Å². The second-order valence-corrected chi connectivity index (χ2v) is 4.99. The lowest BCUT2D eigenvalue weighted by molar-refractivity contribution is 0.279. The van der Waals surface area contributed by atoms with Crippen molar-refractivity contribution >= 4 is 0 Å². The first kappa shape index (κ1) is 15.0. The first-order valence-corrected chi connectivity index (χ1v) is 6.74. The van der Waals surface area contributed by atoms with E-state index in [1.54, 1.807) is 0 Å². The maximum absolute atomic E-state index is 6.01. The number of benzene rings is 1. The van der Waals surface area contributed by atoms with E-state index in [-0.39, 0.29) is 6.04 Å². The average molecular weight is 250 g/mol. The van der Waals surface area contributed by atoms with Crippen LogP contribution in [0.4, 0.5) is 0 Å². The monoisotopic (exact) mass is 250 g/mol. The number of para-hydroxylation sites is 1. The van der Waals surface area contributed by atoms with E-state index in [4.69, 9.17) is 10.5 Å². The molecule has 0 saturated heterocycles. The molecule has 0 spiro atoms. The molecule has 0 radical (unpaired) electrons. The van der Waals surface area contributed by atoms with Crippen LogP contribution in [-0.4, -0.2) is 38.2 Å². The van der Waals surface area contributed by atoms with Gasteiger partial charge in [0, 0.05) is 12.6 Å². The van der Waals surface area contributed by atoms with E-state index in [0.717, 1.165) is 38.2 Å². The molecular formula is C15H26N2O. The van der Waals surface area contributed by atoms with Crippen LogP contribution >= 0.6 is 0 Å². The molecule has 3 nitrogen and oxygen atoms in total. The Morgan fingerprint density at radius 2 is 2.00 bits per heavy atom. The van der Waals surface area contributed by atoms with Crippen LogP contribution in [0, 0.1) is 0 Å². The van der Waals surface area contributed by atoms with Crippen molar-refractivity contribution in [3.05, 3.63) is 29.8 Å². The van der Waals surface area contributed by atoms with Gasteiger partial charge >= 0.3 is 0 Å². The van der Waals surface area contributed by atoms with Gasteiger partial charge in [0.1, 0.15) is 5.75 Å². The van der Waals surface area contributed by atoms with Gasteiger partial charge < -0.3 is 15.4 Å². The zero-order valence-electron chi connectivity index (χ0n) is 11.9. The molecule has 0 saturated carbocycles. The number of nitrogens with two attached hydrogens (primary N) is 1. The molecule has 1 aromatic rings. The number of nitrogens with zero attached hydrogens (tertiary/aromatic N) is 1. The summed E-state index contributed by atoms with van der Waals surface area (Å²) in [4.78, 5) is 2.17. The summed E-state index contributed by atoms with van der Waals surface area (Å²) in [5.74, 6) is 0.986. The molecule has 102 valence electrons. The number of rotatable bonds is 8. The first-order chi connectivity index (χ1) is 8.63. The van der Waals surface area contributed by atoms with Crippen molar-refractivity contribution in [2.75, 3.05) is 27.2 Å². The zero-order valence-corrected chi connectivity index (χ0v) is 11.9.